The van der Waals surface area contributed by atoms with Crippen LogP contribution in [0, 0.1) is 0 Å². The summed E-state index contributed by atoms with van der Waals surface area (Å²) < 4.78 is 0. The Morgan fingerprint density at radius 3 is 2.57 bits per heavy atom. The summed E-state index contributed by atoms with van der Waals surface area (Å²) in [6.45, 7) is 0.831. The van der Waals surface area contributed by atoms with Crippen LogP contribution in [0.3, 0.4) is 0 Å². The van der Waals surface area contributed by atoms with E-state index in [9.17, 15) is 4.79 Å². The average molecular weight is 287 g/mol. The SMILES string of the molecule is O=C(c1ccc2c(c1)CCCC2)N(CCCO)C1CCC1. The molecule has 0 heterocycles. The first-order chi connectivity index (χ1) is 10.3. The molecule has 1 fully saturated rings. The second-order valence-electron chi connectivity index (χ2n) is 6.35. The summed E-state index contributed by atoms with van der Waals surface area (Å²) in [5.41, 5.74) is 3.62. The smallest absolute Gasteiger partial charge is 0.254 e. The molecule has 21 heavy (non-hydrogen) atoms. The number of hydrogen-bond donors (Lipinski definition) is 1. The molecule has 3 rings (SSSR count). The maximum atomic E-state index is 12.8. The maximum absolute atomic E-state index is 12.8. The second kappa shape index (κ2) is 6.61. The van der Waals surface area contributed by atoms with Gasteiger partial charge in [-0.05, 0) is 74.6 Å². The van der Waals surface area contributed by atoms with Crippen molar-refractivity contribution in [3.8, 4) is 0 Å². The van der Waals surface area contributed by atoms with Gasteiger partial charge in [0.2, 0.25) is 0 Å². The monoisotopic (exact) mass is 287 g/mol. The minimum Gasteiger partial charge on any atom is -0.396 e. The van der Waals surface area contributed by atoms with Crippen LogP contribution in [0.1, 0.15) is 60.0 Å². The Morgan fingerprint density at radius 2 is 1.90 bits per heavy atom. The number of aliphatic hydroxyl groups is 1. The molecule has 0 aliphatic heterocycles. The largest absolute Gasteiger partial charge is 0.396 e. The van der Waals surface area contributed by atoms with E-state index >= 15 is 0 Å². The van der Waals surface area contributed by atoms with Crippen LogP contribution < -0.4 is 0 Å². The molecule has 2 aliphatic carbocycles. The number of aryl methyl sites for hydroxylation is 2. The Morgan fingerprint density at radius 1 is 1.14 bits per heavy atom. The van der Waals surface area contributed by atoms with E-state index in [1.807, 2.05) is 11.0 Å². The van der Waals surface area contributed by atoms with Gasteiger partial charge < -0.3 is 10.0 Å². The highest BCUT2D eigenvalue weighted by Crippen LogP contribution is 2.28. The highest BCUT2D eigenvalue weighted by Gasteiger charge is 2.29. The molecule has 0 saturated heterocycles. The molecule has 1 saturated carbocycles. The Labute approximate surface area is 127 Å². The molecule has 114 valence electrons. The maximum Gasteiger partial charge on any atom is 0.254 e. The minimum atomic E-state index is 0.153. The summed E-state index contributed by atoms with van der Waals surface area (Å²) in [5.74, 6) is 0.154. The average Bonchev–Trinajstić information content (AvgIpc) is 2.48. The fourth-order valence-corrected chi connectivity index (χ4v) is 3.42. The number of aliphatic hydroxyl groups excluding tert-OH is 1. The van der Waals surface area contributed by atoms with Gasteiger partial charge in [-0.15, -0.1) is 0 Å². The summed E-state index contributed by atoms with van der Waals surface area (Å²) in [6, 6.07) is 6.64. The standard InChI is InChI=1S/C18H25NO2/c20-12-4-11-19(17-7-3-8-17)18(21)16-10-9-14-5-1-2-6-15(14)13-16/h9-10,13,17,20H,1-8,11-12H2. The molecule has 3 heteroatoms. The zero-order valence-electron chi connectivity index (χ0n) is 12.7. The van der Waals surface area contributed by atoms with E-state index in [2.05, 4.69) is 12.1 Å². The lowest BCUT2D eigenvalue weighted by Crippen LogP contribution is -2.45. The van der Waals surface area contributed by atoms with E-state index in [1.165, 1.54) is 30.4 Å². The van der Waals surface area contributed by atoms with Crippen LogP contribution in [0.5, 0.6) is 0 Å². The molecular weight excluding hydrogens is 262 g/mol. The third-order valence-corrected chi connectivity index (χ3v) is 4.93. The number of carbonyl (C=O) groups is 1. The quantitative estimate of drug-likeness (QED) is 0.904. The molecule has 3 nitrogen and oxygen atoms in total. The van der Waals surface area contributed by atoms with Gasteiger partial charge in [0, 0.05) is 24.8 Å². The number of amides is 1. The van der Waals surface area contributed by atoms with Crippen molar-refractivity contribution in [3.05, 3.63) is 34.9 Å². The van der Waals surface area contributed by atoms with Crippen molar-refractivity contribution in [1.82, 2.24) is 4.90 Å². The number of fused-ring (bicyclic) bond motifs is 1. The Bertz CT molecular complexity index is 508. The van der Waals surface area contributed by atoms with Crippen molar-refractivity contribution < 1.29 is 9.90 Å². The molecule has 0 spiro atoms. The molecule has 2 aliphatic rings. The predicted molar refractivity (Wildman–Crippen MR) is 83.5 cm³/mol. The van der Waals surface area contributed by atoms with Crippen molar-refractivity contribution in [2.45, 2.75) is 57.4 Å². The van der Waals surface area contributed by atoms with E-state index in [-0.39, 0.29) is 12.5 Å². The van der Waals surface area contributed by atoms with Crippen LogP contribution in [0.2, 0.25) is 0 Å². The first kappa shape index (κ1) is 14.6. The van der Waals surface area contributed by atoms with Gasteiger partial charge >= 0.3 is 0 Å². The van der Waals surface area contributed by atoms with Crippen LogP contribution in [-0.4, -0.2) is 35.1 Å². The van der Waals surface area contributed by atoms with Crippen molar-refractivity contribution >= 4 is 5.91 Å². The predicted octanol–water partition coefficient (Wildman–Crippen LogP) is 2.94. The first-order valence-electron chi connectivity index (χ1n) is 8.33. The number of benzene rings is 1. The van der Waals surface area contributed by atoms with E-state index in [4.69, 9.17) is 5.11 Å². The lowest BCUT2D eigenvalue weighted by atomic mass is 9.88. The Hall–Kier alpha value is -1.35. The summed E-state index contributed by atoms with van der Waals surface area (Å²) in [6.07, 6.45) is 8.89. The van der Waals surface area contributed by atoms with Crippen LogP contribution in [-0.2, 0) is 12.8 Å². The van der Waals surface area contributed by atoms with Crippen molar-refractivity contribution in [1.29, 1.82) is 0 Å². The zero-order valence-corrected chi connectivity index (χ0v) is 12.7. The molecule has 0 bridgehead atoms. The number of rotatable bonds is 5. The fourth-order valence-electron chi connectivity index (χ4n) is 3.42. The third kappa shape index (κ3) is 3.13. The van der Waals surface area contributed by atoms with Gasteiger partial charge in [-0.25, -0.2) is 0 Å². The molecule has 0 radical (unpaired) electrons. The Balaban J connectivity index is 1.78. The molecule has 0 atom stereocenters. The highest BCUT2D eigenvalue weighted by atomic mass is 16.3. The summed E-state index contributed by atoms with van der Waals surface area (Å²) in [5, 5.41) is 9.06. The number of nitrogens with zero attached hydrogens (tertiary/aromatic N) is 1. The van der Waals surface area contributed by atoms with Crippen molar-refractivity contribution in [2.24, 2.45) is 0 Å². The first-order valence-corrected chi connectivity index (χ1v) is 8.33. The summed E-state index contributed by atoms with van der Waals surface area (Å²) in [4.78, 5) is 14.8. The van der Waals surface area contributed by atoms with E-state index in [0.717, 1.165) is 31.2 Å². The lowest BCUT2D eigenvalue weighted by Gasteiger charge is -2.37. The lowest BCUT2D eigenvalue weighted by molar-refractivity contribution is 0.0562. The van der Waals surface area contributed by atoms with E-state index < -0.39 is 0 Å². The molecule has 1 amide bonds. The van der Waals surface area contributed by atoms with Crippen LogP contribution in [0.25, 0.3) is 0 Å². The van der Waals surface area contributed by atoms with Crippen LogP contribution in [0.15, 0.2) is 18.2 Å². The number of hydrogen-bond acceptors (Lipinski definition) is 2. The van der Waals surface area contributed by atoms with Gasteiger partial charge in [-0.1, -0.05) is 6.07 Å². The highest BCUT2D eigenvalue weighted by molar-refractivity contribution is 5.94. The summed E-state index contributed by atoms with van der Waals surface area (Å²) >= 11 is 0. The number of carbonyl (C=O) groups excluding carboxylic acids is 1. The third-order valence-electron chi connectivity index (χ3n) is 4.93. The second-order valence-corrected chi connectivity index (χ2v) is 6.35. The molecule has 1 aromatic carbocycles. The Kier molecular flexibility index (Phi) is 4.59. The van der Waals surface area contributed by atoms with E-state index in [0.29, 0.717) is 19.0 Å². The minimum absolute atomic E-state index is 0.153. The fraction of sp³-hybridized carbons (Fsp3) is 0.611. The van der Waals surface area contributed by atoms with Gasteiger partial charge in [0.15, 0.2) is 0 Å². The summed E-state index contributed by atoms with van der Waals surface area (Å²) in [7, 11) is 0. The van der Waals surface area contributed by atoms with Crippen LogP contribution in [0.4, 0.5) is 0 Å². The van der Waals surface area contributed by atoms with Crippen LogP contribution >= 0.6 is 0 Å². The van der Waals surface area contributed by atoms with E-state index in [1.54, 1.807) is 0 Å². The molecule has 1 aromatic rings. The molecule has 0 unspecified atom stereocenters. The van der Waals surface area contributed by atoms with Crippen molar-refractivity contribution in [2.75, 3.05) is 13.2 Å². The topological polar surface area (TPSA) is 40.5 Å². The van der Waals surface area contributed by atoms with Gasteiger partial charge in [0.25, 0.3) is 5.91 Å². The zero-order chi connectivity index (χ0) is 14.7. The normalized spacial score (nSPS) is 18.0. The van der Waals surface area contributed by atoms with Crippen molar-refractivity contribution in [3.63, 3.8) is 0 Å². The molecule has 0 aromatic heterocycles. The van der Waals surface area contributed by atoms with Gasteiger partial charge in [0.1, 0.15) is 0 Å². The van der Waals surface area contributed by atoms with Gasteiger partial charge in [-0.2, -0.15) is 0 Å². The van der Waals surface area contributed by atoms with Gasteiger partial charge in [0.05, 0.1) is 0 Å². The molecule has 1 N–H and O–H groups in total. The van der Waals surface area contributed by atoms with Gasteiger partial charge in [-0.3, -0.25) is 4.79 Å². The molecular formula is C18H25NO2.